The molecule has 7 heteroatoms. The highest BCUT2D eigenvalue weighted by Crippen LogP contribution is 2.20. The summed E-state index contributed by atoms with van der Waals surface area (Å²) in [4.78, 5) is 40.2. The van der Waals surface area contributed by atoms with E-state index in [1.54, 1.807) is 12.1 Å². The first-order valence-electron chi connectivity index (χ1n) is 8.55. The minimum absolute atomic E-state index is 0.267. The summed E-state index contributed by atoms with van der Waals surface area (Å²) in [6, 6.07) is 12.2. The smallest absolute Gasteiger partial charge is 0.259 e. The fourth-order valence-corrected chi connectivity index (χ4v) is 2.87. The molecular formula is C20H19N3O4. The quantitative estimate of drug-likeness (QED) is 0.642. The van der Waals surface area contributed by atoms with Gasteiger partial charge in [-0.3, -0.25) is 19.4 Å². The van der Waals surface area contributed by atoms with Crippen LogP contribution in [-0.2, 0) is 16.0 Å². The van der Waals surface area contributed by atoms with E-state index in [-0.39, 0.29) is 17.9 Å². The Bertz CT molecular complexity index is 879. The summed E-state index contributed by atoms with van der Waals surface area (Å²) in [7, 11) is 0. The van der Waals surface area contributed by atoms with Crippen LogP contribution in [0.5, 0.6) is 0 Å². The molecule has 1 atom stereocenters. The van der Waals surface area contributed by atoms with Crippen molar-refractivity contribution in [3.8, 4) is 0 Å². The largest absolute Gasteiger partial charge is 0.509 e. The highest BCUT2D eigenvalue weighted by Gasteiger charge is 2.35. The van der Waals surface area contributed by atoms with E-state index < -0.39 is 23.6 Å². The first-order chi connectivity index (χ1) is 13.1. The van der Waals surface area contributed by atoms with Gasteiger partial charge in [-0.05, 0) is 30.5 Å². The SMILES string of the molecule is O=C(CNC(=O)c1cccnc1)C1=C(O)C(CCc2ccccc2)NC1=O. The van der Waals surface area contributed by atoms with Crippen molar-refractivity contribution in [2.45, 2.75) is 18.9 Å². The van der Waals surface area contributed by atoms with E-state index in [1.165, 1.54) is 12.4 Å². The predicted molar refractivity (Wildman–Crippen MR) is 97.9 cm³/mol. The molecule has 0 fully saturated rings. The van der Waals surface area contributed by atoms with Crippen molar-refractivity contribution >= 4 is 17.6 Å². The Morgan fingerprint density at radius 2 is 1.93 bits per heavy atom. The summed E-state index contributed by atoms with van der Waals surface area (Å²) in [5.74, 6) is -2.00. The number of hydrogen-bond donors (Lipinski definition) is 3. The second-order valence-electron chi connectivity index (χ2n) is 6.16. The van der Waals surface area contributed by atoms with Crippen molar-refractivity contribution in [3.05, 3.63) is 77.3 Å². The highest BCUT2D eigenvalue weighted by atomic mass is 16.3. The van der Waals surface area contributed by atoms with Crippen molar-refractivity contribution in [2.75, 3.05) is 6.54 Å². The summed E-state index contributed by atoms with van der Waals surface area (Å²) >= 11 is 0. The average Bonchev–Trinajstić information content (AvgIpc) is 2.99. The minimum atomic E-state index is -0.635. The molecule has 3 N–H and O–H groups in total. The lowest BCUT2D eigenvalue weighted by Crippen LogP contribution is -2.33. The van der Waals surface area contributed by atoms with Crippen LogP contribution in [0.3, 0.4) is 0 Å². The van der Waals surface area contributed by atoms with Gasteiger partial charge in [-0.2, -0.15) is 0 Å². The molecule has 1 aromatic heterocycles. The molecule has 2 amide bonds. The molecule has 2 aromatic rings. The molecule has 0 saturated carbocycles. The van der Waals surface area contributed by atoms with Crippen LogP contribution in [0.25, 0.3) is 0 Å². The van der Waals surface area contributed by atoms with E-state index in [2.05, 4.69) is 15.6 Å². The van der Waals surface area contributed by atoms with Gasteiger partial charge >= 0.3 is 0 Å². The molecular weight excluding hydrogens is 346 g/mol. The van der Waals surface area contributed by atoms with Crippen molar-refractivity contribution in [2.24, 2.45) is 0 Å². The number of nitrogens with one attached hydrogen (secondary N) is 2. The van der Waals surface area contributed by atoms with Gasteiger partial charge in [0.1, 0.15) is 11.3 Å². The van der Waals surface area contributed by atoms with Gasteiger partial charge in [-0.1, -0.05) is 30.3 Å². The number of rotatable bonds is 7. The van der Waals surface area contributed by atoms with Crippen molar-refractivity contribution < 1.29 is 19.5 Å². The number of pyridine rings is 1. The van der Waals surface area contributed by atoms with Crippen LogP contribution < -0.4 is 10.6 Å². The Kier molecular flexibility index (Phi) is 5.61. The number of amides is 2. The number of aliphatic hydroxyl groups is 1. The van der Waals surface area contributed by atoms with Crippen LogP contribution in [-0.4, -0.2) is 40.3 Å². The van der Waals surface area contributed by atoms with E-state index in [9.17, 15) is 19.5 Å². The zero-order valence-corrected chi connectivity index (χ0v) is 14.5. The van der Waals surface area contributed by atoms with Gasteiger partial charge in [0.05, 0.1) is 18.2 Å². The maximum absolute atomic E-state index is 12.3. The number of carbonyl (C=O) groups excluding carboxylic acids is 3. The van der Waals surface area contributed by atoms with Crippen molar-refractivity contribution in [3.63, 3.8) is 0 Å². The van der Waals surface area contributed by atoms with Gasteiger partial charge in [0.15, 0.2) is 5.78 Å². The van der Waals surface area contributed by atoms with Crippen LogP contribution in [0.1, 0.15) is 22.3 Å². The Balaban J connectivity index is 1.60. The molecule has 1 aromatic carbocycles. The third-order valence-corrected chi connectivity index (χ3v) is 4.30. The zero-order chi connectivity index (χ0) is 19.2. The lowest BCUT2D eigenvalue weighted by Gasteiger charge is -2.10. The first-order valence-corrected chi connectivity index (χ1v) is 8.55. The molecule has 0 spiro atoms. The lowest BCUT2D eigenvalue weighted by atomic mass is 10.0. The molecule has 3 rings (SSSR count). The Labute approximate surface area is 156 Å². The molecule has 0 saturated heterocycles. The van der Waals surface area contributed by atoms with Crippen molar-refractivity contribution in [1.29, 1.82) is 0 Å². The second-order valence-corrected chi connectivity index (χ2v) is 6.16. The fourth-order valence-electron chi connectivity index (χ4n) is 2.87. The number of ketones is 1. The van der Waals surface area contributed by atoms with Crippen LogP contribution in [0.4, 0.5) is 0 Å². The molecule has 7 nitrogen and oxygen atoms in total. The summed E-state index contributed by atoms with van der Waals surface area (Å²) in [6.07, 6.45) is 4.02. The topological polar surface area (TPSA) is 108 Å². The number of aromatic nitrogens is 1. The molecule has 138 valence electrons. The average molecular weight is 365 g/mol. The minimum Gasteiger partial charge on any atom is -0.509 e. The van der Waals surface area contributed by atoms with Crippen LogP contribution in [0, 0.1) is 0 Å². The zero-order valence-electron chi connectivity index (χ0n) is 14.5. The number of benzene rings is 1. The summed E-state index contributed by atoms with van der Waals surface area (Å²) in [5.41, 5.74) is 1.09. The molecule has 1 aliphatic rings. The van der Waals surface area contributed by atoms with E-state index in [1.807, 2.05) is 30.3 Å². The van der Waals surface area contributed by atoms with E-state index >= 15 is 0 Å². The fraction of sp³-hybridized carbons (Fsp3) is 0.200. The number of Topliss-reactive ketones (excluding diaryl/α,β-unsaturated/α-hetero) is 1. The van der Waals surface area contributed by atoms with E-state index in [0.29, 0.717) is 18.4 Å². The number of aliphatic hydroxyl groups excluding tert-OH is 1. The molecule has 1 aliphatic heterocycles. The van der Waals surface area contributed by atoms with Gasteiger partial charge in [0.2, 0.25) is 0 Å². The molecule has 0 radical (unpaired) electrons. The van der Waals surface area contributed by atoms with Gasteiger partial charge in [-0.15, -0.1) is 0 Å². The first kappa shape index (κ1) is 18.3. The van der Waals surface area contributed by atoms with Crippen LogP contribution >= 0.6 is 0 Å². The third kappa shape index (κ3) is 4.38. The number of hydrogen-bond acceptors (Lipinski definition) is 5. The molecule has 0 bridgehead atoms. The number of aryl methyl sites for hydroxylation is 1. The summed E-state index contributed by atoms with van der Waals surface area (Å²) in [5, 5.41) is 15.4. The van der Waals surface area contributed by atoms with Crippen LogP contribution in [0.15, 0.2) is 66.2 Å². The molecule has 1 unspecified atom stereocenters. The Morgan fingerprint density at radius 3 is 2.63 bits per heavy atom. The second kappa shape index (κ2) is 8.27. The Hall–Kier alpha value is -3.48. The van der Waals surface area contributed by atoms with E-state index in [0.717, 1.165) is 5.56 Å². The molecule has 27 heavy (non-hydrogen) atoms. The lowest BCUT2D eigenvalue weighted by molar-refractivity contribution is -0.121. The van der Waals surface area contributed by atoms with Crippen molar-refractivity contribution in [1.82, 2.24) is 15.6 Å². The maximum atomic E-state index is 12.3. The highest BCUT2D eigenvalue weighted by molar-refractivity contribution is 6.22. The number of carbonyl (C=O) groups is 3. The van der Waals surface area contributed by atoms with Gasteiger partial charge in [-0.25, -0.2) is 0 Å². The maximum Gasteiger partial charge on any atom is 0.259 e. The van der Waals surface area contributed by atoms with Gasteiger partial charge in [0, 0.05) is 12.4 Å². The molecule has 0 aliphatic carbocycles. The van der Waals surface area contributed by atoms with Gasteiger partial charge < -0.3 is 15.7 Å². The standard InChI is InChI=1S/C20H19N3O4/c24-16(12-22-19(26)14-7-4-10-21-11-14)17-18(25)15(23-20(17)27)9-8-13-5-2-1-3-6-13/h1-7,10-11,15,25H,8-9,12H2,(H,22,26)(H,23,27). The predicted octanol–water partition coefficient (Wildman–Crippen LogP) is 1.32. The monoisotopic (exact) mass is 365 g/mol. The Morgan fingerprint density at radius 1 is 1.15 bits per heavy atom. The van der Waals surface area contributed by atoms with Gasteiger partial charge in [0.25, 0.3) is 11.8 Å². The summed E-state index contributed by atoms with van der Waals surface area (Å²) in [6.45, 7) is -0.383. The number of nitrogens with zero attached hydrogens (tertiary/aromatic N) is 1. The normalized spacial score (nSPS) is 16.1. The van der Waals surface area contributed by atoms with E-state index in [4.69, 9.17) is 0 Å². The van der Waals surface area contributed by atoms with Crippen LogP contribution in [0.2, 0.25) is 0 Å². The summed E-state index contributed by atoms with van der Waals surface area (Å²) < 4.78 is 0. The third-order valence-electron chi connectivity index (χ3n) is 4.30. The molecule has 2 heterocycles.